The molecule has 3 fully saturated rings. The number of carbonyl (C=O) groups excluding carboxylic acids is 1. The van der Waals surface area contributed by atoms with Gasteiger partial charge in [-0.05, 0) is 53.4 Å². The van der Waals surface area contributed by atoms with E-state index in [2.05, 4.69) is 38.3 Å². The minimum Gasteiger partial charge on any atom is -0.339 e. The van der Waals surface area contributed by atoms with E-state index in [0.29, 0.717) is 0 Å². The van der Waals surface area contributed by atoms with Gasteiger partial charge in [0.05, 0.1) is 0 Å². The fraction of sp³-hybridized carbons (Fsp3) is 0.955. The van der Waals surface area contributed by atoms with E-state index in [0.717, 1.165) is 38.5 Å². The average Bonchev–Trinajstić information content (AvgIpc) is 2.71. The van der Waals surface area contributed by atoms with Crippen molar-refractivity contribution >= 4 is 18.3 Å². The lowest BCUT2D eigenvalue weighted by molar-refractivity contribution is -0.165. The molecule has 0 bridgehead atoms. The Morgan fingerprint density at radius 1 is 0.741 bits per heavy atom. The summed E-state index contributed by atoms with van der Waals surface area (Å²) in [7, 11) is 0. The molecule has 0 aromatic heterocycles. The number of carbonyl (C=O) groups is 1. The molecule has 27 heavy (non-hydrogen) atoms. The summed E-state index contributed by atoms with van der Waals surface area (Å²) in [5.74, 6) is 0.132. The number of hydrogen-bond donors (Lipinski definition) is 2. The molecule has 158 valence electrons. The molecule has 0 radical (unpaired) electrons. The van der Waals surface area contributed by atoms with Crippen LogP contribution in [0.25, 0.3) is 0 Å². The molecule has 5 heteroatoms. The van der Waals surface area contributed by atoms with Gasteiger partial charge in [0.2, 0.25) is 0 Å². The van der Waals surface area contributed by atoms with Gasteiger partial charge in [-0.3, -0.25) is 4.79 Å². The lowest BCUT2D eigenvalue weighted by Gasteiger charge is -2.50. The summed E-state index contributed by atoms with van der Waals surface area (Å²) < 4.78 is 6.81. The minimum atomic E-state index is -0.671. The van der Waals surface area contributed by atoms with Gasteiger partial charge in [-0.1, -0.05) is 44.9 Å². The molecule has 0 unspecified atom stereocenters. The molecule has 0 aromatic rings. The van der Waals surface area contributed by atoms with Crippen molar-refractivity contribution in [1.82, 2.24) is 10.6 Å². The fourth-order valence-corrected chi connectivity index (χ4v) is 5.90. The molecule has 1 amide bonds. The monoisotopic (exact) mass is 400 g/mol. The van der Waals surface area contributed by atoms with Crippen LogP contribution in [0.5, 0.6) is 0 Å². The summed E-state index contributed by atoms with van der Waals surface area (Å²) in [4.78, 5) is 13.2. The van der Waals surface area contributed by atoms with E-state index < -0.39 is 11.3 Å². The predicted octanol–water partition coefficient (Wildman–Crippen LogP) is 5.24. The maximum atomic E-state index is 13.2. The second-order valence-corrected chi connectivity index (χ2v) is 10.5. The fourth-order valence-electron chi connectivity index (χ4n) is 5.90. The normalized spacial score (nSPS) is 30.0. The Kier molecular flexibility index (Phi) is 7.30. The van der Waals surface area contributed by atoms with Crippen LogP contribution in [0.4, 0.5) is 0 Å². The Bertz CT molecular complexity index is 490. The van der Waals surface area contributed by atoms with Crippen molar-refractivity contribution in [2.45, 2.75) is 134 Å². The molecule has 0 atom stereocenters. The summed E-state index contributed by atoms with van der Waals surface area (Å²) in [5.41, 5.74) is -1.30. The zero-order valence-corrected chi connectivity index (χ0v) is 18.7. The van der Waals surface area contributed by atoms with Crippen LogP contribution in [0.2, 0.25) is 0 Å². The number of piperidine rings is 1. The lowest BCUT2D eigenvalue weighted by Crippen LogP contribution is -2.65. The van der Waals surface area contributed by atoms with Crippen LogP contribution in [-0.4, -0.2) is 28.3 Å². The number of nitrogens with one attached hydrogen (secondary N) is 2. The third-order valence-electron chi connectivity index (χ3n) is 6.44. The lowest BCUT2D eigenvalue weighted by atomic mass is 9.72. The number of halogens is 1. The SMILES string of the molecule is CC1(C)CC2(CC(C)(C)N1)OC1(CCCCCCCCCCC1)NC2=O.Cl. The Morgan fingerprint density at radius 2 is 1.15 bits per heavy atom. The molecule has 1 aliphatic carbocycles. The zero-order valence-electron chi connectivity index (χ0n) is 17.9. The number of amides is 1. The Morgan fingerprint density at radius 3 is 1.59 bits per heavy atom. The Hall–Kier alpha value is -0.320. The van der Waals surface area contributed by atoms with Gasteiger partial charge in [0, 0.05) is 23.9 Å². The van der Waals surface area contributed by atoms with Crippen molar-refractivity contribution in [3.63, 3.8) is 0 Å². The second-order valence-electron chi connectivity index (χ2n) is 10.5. The molecule has 2 heterocycles. The van der Waals surface area contributed by atoms with Crippen molar-refractivity contribution in [2.24, 2.45) is 0 Å². The van der Waals surface area contributed by atoms with E-state index in [1.165, 1.54) is 44.9 Å². The molecule has 3 aliphatic rings. The highest BCUT2D eigenvalue weighted by Crippen LogP contribution is 2.46. The van der Waals surface area contributed by atoms with E-state index in [9.17, 15) is 4.79 Å². The van der Waals surface area contributed by atoms with Crippen molar-refractivity contribution in [3.05, 3.63) is 0 Å². The topological polar surface area (TPSA) is 50.4 Å². The average molecular weight is 401 g/mol. The van der Waals surface area contributed by atoms with Crippen molar-refractivity contribution in [2.75, 3.05) is 0 Å². The molecule has 2 spiro atoms. The molecule has 3 rings (SSSR count). The summed E-state index contributed by atoms with van der Waals surface area (Å²) in [6.07, 6.45) is 15.0. The largest absolute Gasteiger partial charge is 0.339 e. The predicted molar refractivity (Wildman–Crippen MR) is 113 cm³/mol. The first kappa shape index (κ1) is 23.0. The molecular weight excluding hydrogens is 360 g/mol. The van der Waals surface area contributed by atoms with Crippen LogP contribution in [0.15, 0.2) is 0 Å². The third kappa shape index (κ3) is 5.61. The van der Waals surface area contributed by atoms with E-state index in [1.54, 1.807) is 0 Å². The standard InChI is InChI=1S/C22H40N2O2.ClH/c1-19(2)16-21(17-20(3,4)24-19)18(25)23-22(26-21)14-12-10-8-6-5-7-9-11-13-15-22;/h24H,5-17H2,1-4H3,(H,23,25);1H. The summed E-state index contributed by atoms with van der Waals surface area (Å²) in [5, 5.41) is 7.06. The van der Waals surface area contributed by atoms with Crippen LogP contribution in [0.3, 0.4) is 0 Å². The molecule has 1 saturated carbocycles. The van der Waals surface area contributed by atoms with Crippen LogP contribution >= 0.6 is 12.4 Å². The van der Waals surface area contributed by atoms with E-state index in [-0.39, 0.29) is 29.4 Å². The molecule has 2 aliphatic heterocycles. The third-order valence-corrected chi connectivity index (χ3v) is 6.44. The van der Waals surface area contributed by atoms with Gasteiger partial charge in [0.15, 0.2) is 5.60 Å². The van der Waals surface area contributed by atoms with Gasteiger partial charge >= 0.3 is 0 Å². The van der Waals surface area contributed by atoms with E-state index in [4.69, 9.17) is 4.74 Å². The second kappa shape index (κ2) is 8.59. The highest BCUT2D eigenvalue weighted by Gasteiger charge is 2.60. The van der Waals surface area contributed by atoms with Crippen molar-refractivity contribution in [3.8, 4) is 0 Å². The number of hydrogen-bond acceptors (Lipinski definition) is 3. The van der Waals surface area contributed by atoms with Crippen LogP contribution in [0, 0.1) is 0 Å². The summed E-state index contributed by atoms with van der Waals surface area (Å²) in [6.45, 7) is 8.77. The quantitative estimate of drug-likeness (QED) is 0.584. The van der Waals surface area contributed by atoms with E-state index in [1.807, 2.05) is 0 Å². The Balaban J connectivity index is 0.00000261. The number of rotatable bonds is 0. The molecular formula is C22H41ClN2O2. The molecule has 2 saturated heterocycles. The van der Waals surface area contributed by atoms with E-state index >= 15 is 0 Å². The van der Waals surface area contributed by atoms with Crippen LogP contribution < -0.4 is 10.6 Å². The first-order chi connectivity index (χ1) is 12.2. The van der Waals surface area contributed by atoms with Crippen LogP contribution in [-0.2, 0) is 9.53 Å². The summed E-state index contributed by atoms with van der Waals surface area (Å²) >= 11 is 0. The van der Waals surface area contributed by atoms with Crippen molar-refractivity contribution in [1.29, 1.82) is 0 Å². The van der Waals surface area contributed by atoms with Gasteiger partial charge in [0.1, 0.15) is 5.72 Å². The maximum Gasteiger partial charge on any atom is 0.254 e. The highest BCUT2D eigenvalue weighted by molar-refractivity contribution is 5.88. The smallest absolute Gasteiger partial charge is 0.254 e. The van der Waals surface area contributed by atoms with Gasteiger partial charge in [-0.25, -0.2) is 0 Å². The van der Waals surface area contributed by atoms with Crippen LogP contribution in [0.1, 0.15) is 111 Å². The van der Waals surface area contributed by atoms with Gasteiger partial charge < -0.3 is 15.4 Å². The molecule has 4 nitrogen and oxygen atoms in total. The Labute approximate surface area is 172 Å². The van der Waals surface area contributed by atoms with Gasteiger partial charge in [-0.15, -0.1) is 12.4 Å². The summed E-state index contributed by atoms with van der Waals surface area (Å²) in [6, 6.07) is 0. The maximum absolute atomic E-state index is 13.2. The molecule has 2 N–H and O–H groups in total. The zero-order chi connectivity index (χ0) is 18.9. The highest BCUT2D eigenvalue weighted by atomic mass is 35.5. The minimum absolute atomic E-state index is 0. The first-order valence-corrected chi connectivity index (χ1v) is 11.0. The molecule has 0 aromatic carbocycles. The first-order valence-electron chi connectivity index (χ1n) is 11.0. The van der Waals surface area contributed by atoms with Crippen molar-refractivity contribution < 1.29 is 9.53 Å². The van der Waals surface area contributed by atoms with Gasteiger partial charge in [0.25, 0.3) is 5.91 Å². The number of ether oxygens (including phenoxy) is 1. The van der Waals surface area contributed by atoms with Gasteiger partial charge in [-0.2, -0.15) is 0 Å².